The van der Waals surface area contributed by atoms with E-state index in [4.69, 9.17) is 0 Å². The van der Waals surface area contributed by atoms with E-state index in [2.05, 4.69) is 20.4 Å². The van der Waals surface area contributed by atoms with Crippen LogP contribution >= 0.6 is 11.8 Å². The van der Waals surface area contributed by atoms with Crippen LogP contribution in [-0.4, -0.2) is 31.4 Å². The Kier molecular flexibility index (Phi) is 6.21. The average Bonchev–Trinajstić information content (AvgIpc) is 3.02. The number of rotatable bonds is 6. The van der Waals surface area contributed by atoms with E-state index in [1.54, 1.807) is 10.7 Å². The Morgan fingerprint density at radius 1 is 1.17 bits per heavy atom. The van der Waals surface area contributed by atoms with E-state index in [1.807, 2.05) is 19.9 Å². The zero-order chi connectivity index (χ0) is 21.0. The van der Waals surface area contributed by atoms with Gasteiger partial charge in [-0.1, -0.05) is 23.9 Å². The van der Waals surface area contributed by atoms with E-state index >= 15 is 0 Å². The molecule has 0 radical (unpaired) electrons. The smallest absolute Gasteiger partial charge is 0.351 e. The van der Waals surface area contributed by atoms with Crippen molar-refractivity contribution in [2.45, 2.75) is 31.6 Å². The normalized spacial score (nSPS) is 11.5. The van der Waals surface area contributed by atoms with Crippen LogP contribution < -0.4 is 5.32 Å². The van der Waals surface area contributed by atoms with Crippen molar-refractivity contribution in [3.05, 3.63) is 65.2 Å². The molecule has 1 N–H and O–H groups in total. The highest BCUT2D eigenvalue weighted by molar-refractivity contribution is 7.99. The zero-order valence-corrected chi connectivity index (χ0v) is 16.5. The Morgan fingerprint density at radius 3 is 2.66 bits per heavy atom. The van der Waals surface area contributed by atoms with Gasteiger partial charge in [0.15, 0.2) is 5.82 Å². The van der Waals surface area contributed by atoms with Gasteiger partial charge >= 0.3 is 6.18 Å². The minimum atomic E-state index is -4.41. The third-order valence-electron chi connectivity index (χ3n) is 3.95. The number of alkyl halides is 3. The van der Waals surface area contributed by atoms with Gasteiger partial charge in [0.05, 0.1) is 17.0 Å². The molecule has 3 rings (SSSR count). The second-order valence-electron chi connectivity index (χ2n) is 6.32. The average molecular weight is 421 g/mol. The Balaban J connectivity index is 1.56. The summed E-state index contributed by atoms with van der Waals surface area (Å²) in [5.74, 6) is 0.364. The molecule has 29 heavy (non-hydrogen) atoms. The van der Waals surface area contributed by atoms with Crippen LogP contribution in [0.1, 0.15) is 22.5 Å². The molecule has 0 atom stereocenters. The molecule has 0 bridgehead atoms. The second kappa shape index (κ2) is 8.64. The van der Waals surface area contributed by atoms with Gasteiger partial charge in [-0.15, -0.1) is 0 Å². The zero-order valence-electron chi connectivity index (χ0n) is 15.7. The van der Waals surface area contributed by atoms with Crippen molar-refractivity contribution < 1.29 is 18.0 Å². The summed E-state index contributed by atoms with van der Waals surface area (Å²) in [6, 6.07) is 8.53. The largest absolute Gasteiger partial charge is 0.416 e. The van der Waals surface area contributed by atoms with Gasteiger partial charge in [-0.3, -0.25) is 4.79 Å². The van der Waals surface area contributed by atoms with Crippen molar-refractivity contribution in [3.8, 4) is 5.82 Å². The molecule has 2 aromatic heterocycles. The molecule has 2 heterocycles. The maximum Gasteiger partial charge on any atom is 0.416 e. The number of aromatic nitrogens is 4. The standard InChI is InChI=1S/C19H18F3N5OS/c1-12-6-13(2)27(26-12)16-8-18(25-11-24-16)29-10-17(28)23-9-14-4-3-5-15(7-14)19(20,21)22/h3-8,11H,9-10H2,1-2H3,(H,23,28). The summed E-state index contributed by atoms with van der Waals surface area (Å²) in [5.41, 5.74) is 1.43. The number of aryl methyl sites for hydroxylation is 2. The lowest BCUT2D eigenvalue weighted by Gasteiger charge is -2.10. The van der Waals surface area contributed by atoms with Crippen LogP contribution in [-0.2, 0) is 17.5 Å². The number of thioether (sulfide) groups is 1. The fourth-order valence-electron chi connectivity index (χ4n) is 2.63. The number of nitrogens with one attached hydrogen (secondary N) is 1. The molecule has 3 aromatic rings. The Hall–Kier alpha value is -2.88. The van der Waals surface area contributed by atoms with Crippen molar-refractivity contribution in [1.82, 2.24) is 25.1 Å². The van der Waals surface area contributed by atoms with Crippen LogP contribution in [0, 0.1) is 13.8 Å². The van der Waals surface area contributed by atoms with Gasteiger partial charge < -0.3 is 5.32 Å². The molecule has 6 nitrogen and oxygen atoms in total. The predicted molar refractivity (Wildman–Crippen MR) is 103 cm³/mol. The number of halogens is 3. The minimum Gasteiger partial charge on any atom is -0.351 e. The van der Waals surface area contributed by atoms with Crippen LogP contribution in [0.3, 0.4) is 0 Å². The second-order valence-corrected chi connectivity index (χ2v) is 7.31. The van der Waals surface area contributed by atoms with Crippen molar-refractivity contribution >= 4 is 17.7 Å². The predicted octanol–water partition coefficient (Wildman–Crippen LogP) is 3.71. The van der Waals surface area contributed by atoms with Gasteiger partial charge in [-0.25, -0.2) is 14.6 Å². The summed E-state index contributed by atoms with van der Waals surface area (Å²) in [5, 5.41) is 7.57. The van der Waals surface area contributed by atoms with Gasteiger partial charge in [0, 0.05) is 18.3 Å². The maximum absolute atomic E-state index is 12.7. The SMILES string of the molecule is Cc1cc(C)n(-c2cc(SCC(=O)NCc3cccc(C(F)(F)F)c3)ncn2)n1. The Morgan fingerprint density at radius 2 is 1.97 bits per heavy atom. The first-order chi connectivity index (χ1) is 13.7. The summed E-state index contributed by atoms with van der Waals surface area (Å²) >= 11 is 1.21. The summed E-state index contributed by atoms with van der Waals surface area (Å²) in [6.07, 6.45) is -3.01. The number of amides is 1. The molecular weight excluding hydrogens is 403 g/mol. The van der Waals surface area contributed by atoms with Crippen molar-refractivity contribution in [3.63, 3.8) is 0 Å². The lowest BCUT2D eigenvalue weighted by atomic mass is 10.1. The Labute approximate surface area is 169 Å². The van der Waals surface area contributed by atoms with Gasteiger partial charge in [-0.05, 0) is 37.6 Å². The summed E-state index contributed by atoms with van der Waals surface area (Å²) in [6.45, 7) is 3.81. The van der Waals surface area contributed by atoms with E-state index in [1.165, 1.54) is 30.2 Å². The molecular formula is C19H18F3N5OS. The highest BCUT2D eigenvalue weighted by atomic mass is 32.2. The molecule has 10 heteroatoms. The van der Waals surface area contributed by atoms with E-state index < -0.39 is 11.7 Å². The molecule has 1 aromatic carbocycles. The molecule has 152 valence electrons. The van der Waals surface area contributed by atoms with Crippen LogP contribution in [0.15, 0.2) is 47.8 Å². The number of hydrogen-bond acceptors (Lipinski definition) is 5. The van der Waals surface area contributed by atoms with Crippen molar-refractivity contribution in [2.24, 2.45) is 0 Å². The van der Waals surface area contributed by atoms with E-state index in [0.29, 0.717) is 16.4 Å². The van der Waals surface area contributed by atoms with Crippen LogP contribution in [0.5, 0.6) is 0 Å². The molecule has 0 aliphatic rings. The number of nitrogens with zero attached hydrogens (tertiary/aromatic N) is 4. The molecule has 0 fully saturated rings. The number of hydrogen-bond donors (Lipinski definition) is 1. The molecule has 0 unspecified atom stereocenters. The number of carbonyl (C=O) groups is 1. The summed E-state index contributed by atoms with van der Waals surface area (Å²) in [4.78, 5) is 20.4. The molecule has 0 saturated heterocycles. The quantitative estimate of drug-likeness (QED) is 0.485. The van der Waals surface area contributed by atoms with Crippen LogP contribution in [0.2, 0.25) is 0 Å². The fourth-order valence-corrected chi connectivity index (χ4v) is 3.33. The highest BCUT2D eigenvalue weighted by Crippen LogP contribution is 2.29. The van der Waals surface area contributed by atoms with Gasteiger partial charge in [-0.2, -0.15) is 18.3 Å². The monoisotopic (exact) mass is 421 g/mol. The van der Waals surface area contributed by atoms with Gasteiger partial charge in [0.2, 0.25) is 5.91 Å². The third kappa shape index (κ3) is 5.57. The van der Waals surface area contributed by atoms with Gasteiger partial charge in [0.25, 0.3) is 0 Å². The molecule has 0 saturated carbocycles. The molecule has 0 aliphatic heterocycles. The molecule has 0 aliphatic carbocycles. The first kappa shape index (κ1) is 20.8. The summed E-state index contributed by atoms with van der Waals surface area (Å²) in [7, 11) is 0. The van der Waals surface area contributed by atoms with E-state index in [0.717, 1.165) is 23.5 Å². The van der Waals surface area contributed by atoms with E-state index in [9.17, 15) is 18.0 Å². The van der Waals surface area contributed by atoms with Crippen LogP contribution in [0.25, 0.3) is 5.82 Å². The first-order valence-electron chi connectivity index (χ1n) is 8.64. The lowest BCUT2D eigenvalue weighted by Crippen LogP contribution is -2.24. The minimum absolute atomic E-state index is 0.0180. The van der Waals surface area contributed by atoms with E-state index in [-0.39, 0.29) is 18.2 Å². The van der Waals surface area contributed by atoms with Crippen molar-refractivity contribution in [2.75, 3.05) is 5.75 Å². The lowest BCUT2D eigenvalue weighted by molar-refractivity contribution is -0.137. The topological polar surface area (TPSA) is 72.7 Å². The fraction of sp³-hybridized carbons (Fsp3) is 0.263. The van der Waals surface area contributed by atoms with Gasteiger partial charge in [0.1, 0.15) is 11.4 Å². The Bertz CT molecular complexity index is 1020. The third-order valence-corrected chi connectivity index (χ3v) is 4.87. The summed E-state index contributed by atoms with van der Waals surface area (Å²) < 4.78 is 39.9. The number of benzene rings is 1. The highest BCUT2D eigenvalue weighted by Gasteiger charge is 2.30. The maximum atomic E-state index is 12.7. The first-order valence-corrected chi connectivity index (χ1v) is 9.62. The molecule has 1 amide bonds. The molecule has 0 spiro atoms. The number of carbonyl (C=O) groups excluding carboxylic acids is 1. The van der Waals surface area contributed by atoms with Crippen molar-refractivity contribution in [1.29, 1.82) is 0 Å². The van der Waals surface area contributed by atoms with Crippen LogP contribution in [0.4, 0.5) is 13.2 Å².